The maximum absolute atomic E-state index is 13.4. The molecule has 3 rings (SSSR count). The van der Waals surface area contributed by atoms with E-state index in [9.17, 15) is 18.5 Å². The fourth-order valence-electron chi connectivity index (χ4n) is 4.26. The van der Waals surface area contributed by atoms with Crippen LogP contribution in [0.15, 0.2) is 47.1 Å². The molecule has 1 aliphatic rings. The first kappa shape index (κ1) is 21.4. The topological polar surface area (TPSA) is 54.4 Å². The number of carbonyl (C=O) groups is 1. The lowest BCUT2D eigenvalue weighted by Gasteiger charge is -2.29. The Morgan fingerprint density at radius 3 is 2.38 bits per heavy atom. The third-order valence-corrected chi connectivity index (χ3v) is 7.28. The number of carbonyl (C=O) groups excluding carboxylic acids is 1. The maximum Gasteiger partial charge on any atom is 0.167 e. The highest BCUT2D eigenvalue weighted by molar-refractivity contribution is 7.85. The molecule has 3 unspecified atom stereocenters. The minimum Gasteiger partial charge on any atom is -0.512 e. The van der Waals surface area contributed by atoms with Crippen LogP contribution in [0.4, 0.5) is 4.39 Å². The minimum absolute atomic E-state index is 0.0491. The quantitative estimate of drug-likeness (QED) is 0.708. The van der Waals surface area contributed by atoms with Crippen molar-refractivity contribution >= 4 is 22.2 Å². The monoisotopic (exact) mass is 414 g/mol. The van der Waals surface area contributed by atoms with Gasteiger partial charge in [-0.25, -0.2) is 4.39 Å². The van der Waals surface area contributed by atoms with Gasteiger partial charge in [-0.3, -0.25) is 9.00 Å². The largest absolute Gasteiger partial charge is 0.512 e. The molecule has 0 saturated heterocycles. The summed E-state index contributed by atoms with van der Waals surface area (Å²) in [6.45, 7) is 7.87. The van der Waals surface area contributed by atoms with Crippen molar-refractivity contribution in [2.75, 3.05) is 5.75 Å². The molecule has 2 aromatic carbocycles. The zero-order valence-corrected chi connectivity index (χ0v) is 18.1. The van der Waals surface area contributed by atoms with Gasteiger partial charge in [0.1, 0.15) is 11.6 Å². The van der Waals surface area contributed by atoms with Crippen molar-refractivity contribution in [2.24, 2.45) is 11.8 Å². The number of benzene rings is 2. The van der Waals surface area contributed by atoms with Crippen LogP contribution >= 0.6 is 0 Å². The van der Waals surface area contributed by atoms with Gasteiger partial charge in [0.15, 0.2) is 5.78 Å². The standard InChI is InChI=1S/C24H27FO3S/c1-14-8-15(2)23(16(3)9-14)24-21(26)10-18(11-22(24)27)17(4)13-29(28)20-7-5-6-19(25)12-20/h5-9,12,17-18,26H,10-11,13H2,1-4H3. The minimum atomic E-state index is -1.35. The first-order valence-corrected chi connectivity index (χ1v) is 11.2. The van der Waals surface area contributed by atoms with Gasteiger partial charge < -0.3 is 5.11 Å². The van der Waals surface area contributed by atoms with Crippen molar-refractivity contribution in [1.29, 1.82) is 0 Å². The molecule has 0 bridgehead atoms. The molecule has 0 spiro atoms. The zero-order chi connectivity index (χ0) is 21.3. The summed E-state index contributed by atoms with van der Waals surface area (Å²) < 4.78 is 26.0. The van der Waals surface area contributed by atoms with E-state index in [0.29, 0.717) is 29.1 Å². The first-order valence-electron chi connectivity index (χ1n) is 9.84. The molecule has 1 aliphatic carbocycles. The second-order valence-corrected chi connectivity index (χ2v) is 9.63. The molecule has 5 heteroatoms. The summed E-state index contributed by atoms with van der Waals surface area (Å²) >= 11 is 0. The fraction of sp³-hybridized carbons (Fsp3) is 0.375. The molecule has 0 heterocycles. The van der Waals surface area contributed by atoms with Gasteiger partial charge >= 0.3 is 0 Å². The second-order valence-electron chi connectivity index (χ2n) is 8.13. The van der Waals surface area contributed by atoms with E-state index < -0.39 is 16.6 Å². The van der Waals surface area contributed by atoms with Crippen molar-refractivity contribution in [2.45, 2.75) is 45.4 Å². The van der Waals surface area contributed by atoms with E-state index in [4.69, 9.17) is 0 Å². The van der Waals surface area contributed by atoms with Crippen molar-refractivity contribution in [3.8, 4) is 0 Å². The molecule has 29 heavy (non-hydrogen) atoms. The smallest absolute Gasteiger partial charge is 0.167 e. The molecule has 0 radical (unpaired) electrons. The molecular formula is C24H27FO3S. The normalized spacial score (nSPS) is 19.3. The third kappa shape index (κ3) is 4.67. The third-order valence-electron chi connectivity index (χ3n) is 5.68. The zero-order valence-electron chi connectivity index (χ0n) is 17.3. The molecule has 0 saturated carbocycles. The average Bonchev–Trinajstić information content (AvgIpc) is 2.62. The lowest BCUT2D eigenvalue weighted by molar-refractivity contribution is -0.115. The lowest BCUT2D eigenvalue weighted by atomic mass is 9.77. The van der Waals surface area contributed by atoms with Crippen molar-refractivity contribution in [1.82, 2.24) is 0 Å². The molecule has 1 N–H and O–H groups in total. The van der Waals surface area contributed by atoms with Gasteiger partial charge in [0.2, 0.25) is 0 Å². The van der Waals surface area contributed by atoms with Gasteiger partial charge in [-0.1, -0.05) is 30.7 Å². The molecule has 0 amide bonds. The number of allylic oxidation sites excluding steroid dienone is 2. The van der Waals surface area contributed by atoms with Crippen LogP contribution in [0.3, 0.4) is 0 Å². The summed E-state index contributed by atoms with van der Waals surface area (Å²) in [4.78, 5) is 13.4. The molecule has 2 aromatic rings. The van der Waals surface area contributed by atoms with E-state index in [2.05, 4.69) is 0 Å². The Morgan fingerprint density at radius 2 is 1.79 bits per heavy atom. The van der Waals surface area contributed by atoms with Gasteiger partial charge in [0, 0.05) is 23.5 Å². The first-order chi connectivity index (χ1) is 13.7. The highest BCUT2D eigenvalue weighted by Crippen LogP contribution is 2.38. The summed E-state index contributed by atoms with van der Waals surface area (Å²) in [7, 11) is -1.35. The van der Waals surface area contributed by atoms with Gasteiger partial charge in [-0.05, 0) is 67.5 Å². The van der Waals surface area contributed by atoms with Crippen LogP contribution in [-0.4, -0.2) is 20.9 Å². The van der Waals surface area contributed by atoms with E-state index >= 15 is 0 Å². The molecule has 3 atom stereocenters. The summed E-state index contributed by atoms with van der Waals surface area (Å²) in [5.41, 5.74) is 4.34. The number of ketones is 1. The number of aliphatic hydroxyl groups is 1. The van der Waals surface area contributed by atoms with Crippen molar-refractivity contribution in [3.05, 3.63) is 70.2 Å². The Morgan fingerprint density at radius 1 is 1.14 bits per heavy atom. The molecule has 0 aliphatic heterocycles. The lowest BCUT2D eigenvalue weighted by Crippen LogP contribution is -2.27. The van der Waals surface area contributed by atoms with E-state index in [1.54, 1.807) is 12.1 Å². The van der Waals surface area contributed by atoms with Gasteiger partial charge in [-0.15, -0.1) is 0 Å². The Kier molecular flexibility index (Phi) is 6.37. The maximum atomic E-state index is 13.4. The predicted octanol–water partition coefficient (Wildman–Crippen LogP) is 5.44. The van der Waals surface area contributed by atoms with Crippen LogP contribution in [0, 0.1) is 38.4 Å². The molecule has 0 aromatic heterocycles. The number of aryl methyl sites for hydroxylation is 3. The summed E-state index contributed by atoms with van der Waals surface area (Å²) in [6, 6.07) is 9.84. The van der Waals surface area contributed by atoms with Gasteiger partial charge in [0.25, 0.3) is 0 Å². The van der Waals surface area contributed by atoms with Crippen LogP contribution in [0.2, 0.25) is 0 Å². The van der Waals surface area contributed by atoms with E-state index in [0.717, 1.165) is 22.3 Å². The number of aliphatic hydroxyl groups excluding tert-OH is 1. The van der Waals surface area contributed by atoms with Crippen LogP contribution in [-0.2, 0) is 15.6 Å². The number of rotatable bonds is 5. The number of hydrogen-bond acceptors (Lipinski definition) is 3. The predicted molar refractivity (Wildman–Crippen MR) is 115 cm³/mol. The highest BCUT2D eigenvalue weighted by atomic mass is 32.2. The molecule has 3 nitrogen and oxygen atoms in total. The van der Waals surface area contributed by atoms with E-state index in [1.807, 2.05) is 39.8 Å². The van der Waals surface area contributed by atoms with Crippen LogP contribution in [0.25, 0.3) is 5.57 Å². The molecular weight excluding hydrogens is 387 g/mol. The van der Waals surface area contributed by atoms with Crippen molar-refractivity contribution < 1.29 is 18.5 Å². The highest BCUT2D eigenvalue weighted by Gasteiger charge is 2.33. The Bertz CT molecular complexity index is 986. The Labute approximate surface area is 174 Å². The van der Waals surface area contributed by atoms with Crippen LogP contribution in [0.1, 0.15) is 42.0 Å². The van der Waals surface area contributed by atoms with Crippen LogP contribution in [0.5, 0.6) is 0 Å². The SMILES string of the molecule is Cc1cc(C)c(C2=C(O)CC(C(C)CS(=O)c3cccc(F)c3)CC2=O)c(C)c1. The summed E-state index contributed by atoms with van der Waals surface area (Å²) in [5, 5.41) is 10.8. The molecule has 154 valence electrons. The van der Waals surface area contributed by atoms with Crippen molar-refractivity contribution in [3.63, 3.8) is 0 Å². The van der Waals surface area contributed by atoms with Gasteiger partial charge in [0.05, 0.1) is 16.4 Å². The number of halogens is 1. The summed E-state index contributed by atoms with van der Waals surface area (Å²) in [5.74, 6) is -0.179. The number of Topliss-reactive ketones (excluding diaryl/α,β-unsaturated/α-hetero) is 1. The van der Waals surface area contributed by atoms with Gasteiger partial charge in [-0.2, -0.15) is 0 Å². The fourth-order valence-corrected chi connectivity index (χ4v) is 5.68. The van der Waals surface area contributed by atoms with E-state index in [-0.39, 0.29) is 23.4 Å². The number of hydrogen-bond donors (Lipinski definition) is 1. The Hall–Kier alpha value is -2.27. The van der Waals surface area contributed by atoms with Crippen LogP contribution < -0.4 is 0 Å². The summed E-state index contributed by atoms with van der Waals surface area (Å²) in [6.07, 6.45) is 0.697. The Balaban J connectivity index is 1.80. The second kappa shape index (κ2) is 8.62. The average molecular weight is 415 g/mol. The molecule has 0 fully saturated rings. The van der Waals surface area contributed by atoms with E-state index in [1.165, 1.54) is 12.1 Å².